The molecule has 0 amide bonds. The van der Waals surface area contributed by atoms with Crippen LogP contribution in [0.25, 0.3) is 22.3 Å². The molecular formula is C21H27N10O10P. The van der Waals surface area contributed by atoms with Crippen LogP contribution in [0.1, 0.15) is 19.6 Å². The van der Waals surface area contributed by atoms with Crippen LogP contribution in [0.15, 0.2) is 23.8 Å². The molecule has 2 fully saturated rings. The highest BCUT2D eigenvalue weighted by Crippen LogP contribution is 2.54. The number of H-pyrrole nitrogens is 1. The molecule has 0 radical (unpaired) electrons. The summed E-state index contributed by atoms with van der Waals surface area (Å²) in [7, 11) is -5.05. The van der Waals surface area contributed by atoms with E-state index in [1.54, 1.807) is 0 Å². The van der Waals surface area contributed by atoms with Gasteiger partial charge in [-0.3, -0.25) is 28.0 Å². The highest BCUT2D eigenvalue weighted by atomic mass is 31.2. The summed E-state index contributed by atoms with van der Waals surface area (Å²) < 4.78 is 38.4. The smallest absolute Gasteiger partial charge is 0.394 e. The summed E-state index contributed by atoms with van der Waals surface area (Å²) in [5.41, 5.74) is 9.34. The molecule has 0 saturated carbocycles. The predicted octanol–water partition coefficient (Wildman–Crippen LogP) is -2.30. The van der Waals surface area contributed by atoms with Gasteiger partial charge in [0.2, 0.25) is 5.95 Å². The van der Waals surface area contributed by atoms with E-state index in [0.29, 0.717) is 0 Å². The fourth-order valence-electron chi connectivity index (χ4n) is 5.21. The fourth-order valence-corrected chi connectivity index (χ4v) is 6.43. The number of aromatic amines is 1. The second-order valence-corrected chi connectivity index (χ2v) is 11.3. The van der Waals surface area contributed by atoms with Crippen LogP contribution in [0.3, 0.4) is 0 Å². The maximum Gasteiger partial charge on any atom is 0.474 e. The lowest BCUT2D eigenvalue weighted by Crippen LogP contribution is -2.40. The van der Waals surface area contributed by atoms with Gasteiger partial charge < -0.3 is 41.2 Å². The summed E-state index contributed by atoms with van der Waals surface area (Å²) in [4.78, 5) is 45.7. The second kappa shape index (κ2) is 10.3. The number of nitrogen functional groups attached to an aromatic ring is 2. The summed E-state index contributed by atoms with van der Waals surface area (Å²) in [6, 6.07) is 0. The van der Waals surface area contributed by atoms with Crippen LogP contribution in [0.4, 0.5) is 11.8 Å². The SMILES string of the molecule is C[C@@H](OP(=O)(O)O[C@@]1(n2cnc3c(=O)[nH]c(N)nc32)CO[C@H](CO)C1)[C@H]1O[C@@H](n2cnc3c(N)ncnc32)[C@H](O)[C@@H]1O. The van der Waals surface area contributed by atoms with Gasteiger partial charge in [0.05, 0.1) is 38.1 Å². The standard InChI is InChI=1S/C21H27N10O10P/c1-8(14-12(33)13(34)19(39-14)30-6-26-10-15(22)24-5-25-16(10)30)40-42(36,37)41-21(2-9(3-32)38-4-21)31-7-27-11-17(31)28-20(23)29-18(11)35/h5-9,12-14,19,32-34H,2-4H2,1H3,(H,36,37)(H2,22,24,25)(H3,23,28,29,35)/t8-,9+,12+,13-,14-,19-,21-/m1/s1. The molecule has 6 rings (SSSR count). The zero-order valence-electron chi connectivity index (χ0n) is 21.8. The lowest BCUT2D eigenvalue weighted by atomic mass is 10.1. The number of aliphatic hydroxyl groups excluding tert-OH is 3. The fraction of sp³-hybridized carbons (Fsp3) is 0.524. The van der Waals surface area contributed by atoms with Gasteiger partial charge in [-0.05, 0) is 6.92 Å². The zero-order chi connectivity index (χ0) is 30.0. The average Bonchev–Trinajstić information content (AvgIpc) is 3.70. The molecule has 0 aliphatic carbocycles. The van der Waals surface area contributed by atoms with Crippen LogP contribution in [-0.2, 0) is 28.8 Å². The topological polar surface area (TPSA) is 294 Å². The highest BCUT2D eigenvalue weighted by Gasteiger charge is 2.52. The maximum absolute atomic E-state index is 13.4. The van der Waals surface area contributed by atoms with Gasteiger partial charge in [0.15, 0.2) is 34.6 Å². The Kier molecular flexibility index (Phi) is 6.99. The Hall–Kier alpha value is -3.59. The van der Waals surface area contributed by atoms with Crippen molar-refractivity contribution >= 4 is 41.9 Å². The van der Waals surface area contributed by atoms with Gasteiger partial charge >= 0.3 is 7.82 Å². The van der Waals surface area contributed by atoms with Gasteiger partial charge in [-0.2, -0.15) is 4.98 Å². The lowest BCUT2D eigenvalue weighted by molar-refractivity contribution is -0.0922. The first-order chi connectivity index (χ1) is 19.9. The van der Waals surface area contributed by atoms with Crippen molar-refractivity contribution < 1.29 is 43.3 Å². The van der Waals surface area contributed by atoms with Crippen LogP contribution < -0.4 is 17.0 Å². The number of fused-ring (bicyclic) bond motifs is 2. The Labute approximate surface area is 234 Å². The molecule has 4 aromatic heterocycles. The third kappa shape index (κ3) is 4.71. The minimum atomic E-state index is -5.05. The molecule has 20 nitrogen and oxygen atoms in total. The van der Waals surface area contributed by atoms with E-state index in [9.17, 15) is 29.6 Å². The molecule has 0 aromatic carbocycles. The summed E-state index contributed by atoms with van der Waals surface area (Å²) in [6.07, 6.45) is -4.24. The molecule has 2 aliphatic rings. The first kappa shape index (κ1) is 28.5. The van der Waals surface area contributed by atoms with E-state index in [1.807, 2.05) is 0 Å². The Morgan fingerprint density at radius 3 is 2.69 bits per heavy atom. The Balaban J connectivity index is 1.26. The van der Waals surface area contributed by atoms with Gasteiger partial charge in [-0.15, -0.1) is 0 Å². The number of phosphoric ester groups is 1. The van der Waals surface area contributed by atoms with Crippen LogP contribution in [0.2, 0.25) is 0 Å². The number of imidazole rings is 2. The van der Waals surface area contributed by atoms with Crippen LogP contribution >= 0.6 is 7.82 Å². The second-order valence-electron chi connectivity index (χ2n) is 9.93. The van der Waals surface area contributed by atoms with Gasteiger partial charge in [0.1, 0.15) is 30.2 Å². The largest absolute Gasteiger partial charge is 0.474 e. The molecule has 21 heteroatoms. The number of nitrogens with two attached hydrogens (primary N) is 2. The van der Waals surface area contributed by atoms with E-state index in [-0.39, 0.29) is 47.1 Å². The number of hydrogen-bond donors (Lipinski definition) is 7. The Bertz CT molecular complexity index is 1750. The summed E-state index contributed by atoms with van der Waals surface area (Å²) >= 11 is 0. The van der Waals surface area contributed by atoms with Crippen molar-refractivity contribution in [2.24, 2.45) is 0 Å². The molecule has 2 saturated heterocycles. The van der Waals surface area contributed by atoms with E-state index in [0.717, 1.165) is 6.33 Å². The Morgan fingerprint density at radius 1 is 1.19 bits per heavy atom. The van der Waals surface area contributed by atoms with E-state index in [4.69, 9.17) is 30.0 Å². The number of aliphatic hydroxyl groups is 3. The summed E-state index contributed by atoms with van der Waals surface area (Å²) in [5, 5.41) is 31.2. The van der Waals surface area contributed by atoms with Crippen LogP contribution in [-0.4, -0.2) is 103 Å². The van der Waals surface area contributed by atoms with Crippen LogP contribution in [0.5, 0.6) is 0 Å². The minimum absolute atomic E-state index is 0.0657. The normalized spacial score (nSPS) is 30.3. The molecule has 4 aromatic rings. The number of hydrogen-bond acceptors (Lipinski definition) is 16. The Morgan fingerprint density at radius 2 is 1.95 bits per heavy atom. The number of phosphoric acid groups is 1. The monoisotopic (exact) mass is 610 g/mol. The third-order valence-corrected chi connectivity index (χ3v) is 8.31. The van der Waals surface area contributed by atoms with Gasteiger partial charge in [-0.25, -0.2) is 24.5 Å². The molecule has 0 bridgehead atoms. The number of rotatable bonds is 8. The van der Waals surface area contributed by atoms with Gasteiger partial charge in [0.25, 0.3) is 5.56 Å². The number of aromatic nitrogens is 8. The zero-order valence-corrected chi connectivity index (χ0v) is 22.7. The van der Waals surface area contributed by atoms with E-state index in [2.05, 4.69) is 29.9 Å². The van der Waals surface area contributed by atoms with E-state index < -0.39 is 62.5 Å². The van der Waals surface area contributed by atoms with Crippen molar-refractivity contribution in [2.75, 3.05) is 24.7 Å². The summed E-state index contributed by atoms with van der Waals surface area (Å²) in [6.45, 7) is 0.536. The van der Waals surface area contributed by atoms with Crippen molar-refractivity contribution in [3.8, 4) is 0 Å². The van der Waals surface area contributed by atoms with Crippen molar-refractivity contribution in [1.29, 1.82) is 0 Å². The number of anilines is 2. The molecule has 226 valence electrons. The number of nitrogens with one attached hydrogen (secondary N) is 1. The molecule has 9 N–H and O–H groups in total. The van der Waals surface area contributed by atoms with Crippen molar-refractivity contribution in [3.05, 3.63) is 29.3 Å². The average molecular weight is 610 g/mol. The number of ether oxygens (including phenoxy) is 2. The maximum atomic E-state index is 13.4. The third-order valence-electron chi connectivity index (χ3n) is 7.14. The first-order valence-electron chi connectivity index (χ1n) is 12.6. The molecule has 42 heavy (non-hydrogen) atoms. The van der Waals surface area contributed by atoms with Gasteiger partial charge in [-0.1, -0.05) is 0 Å². The van der Waals surface area contributed by atoms with Crippen molar-refractivity contribution in [2.45, 2.75) is 55.8 Å². The van der Waals surface area contributed by atoms with Crippen LogP contribution in [0, 0.1) is 0 Å². The first-order valence-corrected chi connectivity index (χ1v) is 14.0. The van der Waals surface area contributed by atoms with Crippen molar-refractivity contribution in [1.82, 2.24) is 39.0 Å². The molecule has 2 aliphatic heterocycles. The van der Waals surface area contributed by atoms with E-state index in [1.165, 1.54) is 28.7 Å². The molecule has 1 unspecified atom stereocenters. The minimum Gasteiger partial charge on any atom is -0.394 e. The quantitative estimate of drug-likeness (QED) is 0.103. The molecular weight excluding hydrogens is 583 g/mol. The lowest BCUT2D eigenvalue weighted by Gasteiger charge is -2.32. The molecule has 8 atom stereocenters. The molecule has 6 heterocycles. The highest BCUT2D eigenvalue weighted by molar-refractivity contribution is 7.47. The van der Waals surface area contributed by atoms with Crippen molar-refractivity contribution in [3.63, 3.8) is 0 Å². The number of nitrogens with zero attached hydrogens (tertiary/aromatic N) is 7. The molecule has 0 spiro atoms. The predicted molar refractivity (Wildman–Crippen MR) is 139 cm³/mol. The summed E-state index contributed by atoms with van der Waals surface area (Å²) in [5.74, 6) is -0.140. The van der Waals surface area contributed by atoms with E-state index >= 15 is 0 Å². The van der Waals surface area contributed by atoms with Gasteiger partial charge in [0, 0.05) is 6.42 Å².